The Bertz CT molecular complexity index is 777. The largest absolute Gasteiger partial charge is 0.496 e. The first-order valence-corrected chi connectivity index (χ1v) is 8.31. The highest BCUT2D eigenvalue weighted by atomic mass is 127. The first kappa shape index (κ1) is 18.1. The van der Waals surface area contributed by atoms with Gasteiger partial charge in [0.2, 0.25) is 5.88 Å². The zero-order valence-corrected chi connectivity index (χ0v) is 15.7. The zero-order valence-electron chi connectivity index (χ0n) is 13.6. The van der Waals surface area contributed by atoms with Crippen molar-refractivity contribution in [1.82, 2.24) is 0 Å². The van der Waals surface area contributed by atoms with Crippen LogP contribution in [0.3, 0.4) is 0 Å². The highest BCUT2D eigenvalue weighted by Crippen LogP contribution is 2.41. The minimum absolute atomic E-state index is 0.00874. The van der Waals surface area contributed by atoms with Gasteiger partial charge in [-0.2, -0.15) is 5.26 Å². The van der Waals surface area contributed by atoms with E-state index in [9.17, 15) is 10.1 Å². The second-order valence-electron chi connectivity index (χ2n) is 5.01. The molecule has 0 amide bonds. The first-order valence-electron chi connectivity index (χ1n) is 7.23. The second-order valence-corrected chi connectivity index (χ2v) is 6.17. The third-order valence-electron chi connectivity index (χ3n) is 3.61. The fourth-order valence-corrected chi connectivity index (χ4v) is 3.10. The molecular weight excluding hydrogens is 423 g/mol. The molecule has 2 rings (SSSR count). The third kappa shape index (κ3) is 3.33. The predicted octanol–water partition coefficient (Wildman–Crippen LogP) is 2.94. The summed E-state index contributed by atoms with van der Waals surface area (Å²) in [6.45, 7) is 3.57. The molecule has 0 saturated carbocycles. The van der Waals surface area contributed by atoms with Crippen LogP contribution >= 0.6 is 22.6 Å². The van der Waals surface area contributed by atoms with Crippen molar-refractivity contribution in [1.29, 1.82) is 5.26 Å². The molecule has 1 aromatic carbocycles. The maximum Gasteiger partial charge on any atom is 0.338 e. The second kappa shape index (κ2) is 7.57. The number of carbonyl (C=O) groups is 1. The van der Waals surface area contributed by atoms with Gasteiger partial charge >= 0.3 is 5.97 Å². The van der Waals surface area contributed by atoms with Gasteiger partial charge < -0.3 is 19.9 Å². The number of methoxy groups -OCH3 is 1. The lowest BCUT2D eigenvalue weighted by molar-refractivity contribution is -0.139. The van der Waals surface area contributed by atoms with Gasteiger partial charge in [0.25, 0.3) is 0 Å². The number of carbonyl (C=O) groups excluding carboxylic acids is 1. The van der Waals surface area contributed by atoms with Crippen LogP contribution < -0.4 is 10.5 Å². The van der Waals surface area contributed by atoms with Crippen molar-refractivity contribution in [3.8, 4) is 11.8 Å². The SMILES string of the molecule is CCOC(=O)C1=C(C)OC(N)=C(C#N)C1c1ccc(I)c(OC)c1. The number of nitriles is 1. The maximum atomic E-state index is 12.4. The van der Waals surface area contributed by atoms with E-state index in [0.717, 1.165) is 3.57 Å². The number of rotatable bonds is 4. The van der Waals surface area contributed by atoms with Crippen LogP contribution in [0.5, 0.6) is 5.75 Å². The minimum atomic E-state index is -0.659. The molecule has 0 fully saturated rings. The number of hydrogen-bond acceptors (Lipinski definition) is 6. The van der Waals surface area contributed by atoms with E-state index in [-0.39, 0.29) is 23.6 Å². The van der Waals surface area contributed by atoms with Crippen molar-refractivity contribution in [2.24, 2.45) is 5.73 Å². The highest BCUT2D eigenvalue weighted by molar-refractivity contribution is 14.1. The topological polar surface area (TPSA) is 94.6 Å². The summed E-state index contributed by atoms with van der Waals surface area (Å²) in [7, 11) is 1.56. The average molecular weight is 440 g/mol. The van der Waals surface area contributed by atoms with Gasteiger partial charge in [-0.25, -0.2) is 4.79 Å². The van der Waals surface area contributed by atoms with Gasteiger partial charge in [-0.1, -0.05) is 6.07 Å². The Morgan fingerprint density at radius 3 is 2.79 bits per heavy atom. The standard InChI is InChI=1S/C17H17IN2O4/c1-4-23-17(21)14-9(2)24-16(20)11(8-19)15(14)10-5-6-12(18)13(7-10)22-3/h5-7,15H,4,20H2,1-3H3. The van der Waals surface area contributed by atoms with Gasteiger partial charge in [-0.15, -0.1) is 0 Å². The fraction of sp³-hybridized carbons (Fsp3) is 0.294. The first-order chi connectivity index (χ1) is 11.4. The molecule has 0 spiro atoms. The van der Waals surface area contributed by atoms with E-state index in [0.29, 0.717) is 17.1 Å². The van der Waals surface area contributed by atoms with Gasteiger partial charge in [-0.3, -0.25) is 0 Å². The van der Waals surface area contributed by atoms with E-state index >= 15 is 0 Å². The van der Waals surface area contributed by atoms with E-state index in [1.165, 1.54) is 0 Å². The normalized spacial score (nSPS) is 17.2. The molecule has 0 aromatic heterocycles. The lowest BCUT2D eigenvalue weighted by Crippen LogP contribution is -2.25. The van der Waals surface area contributed by atoms with Crippen LogP contribution in [-0.2, 0) is 14.3 Å². The Labute approximate surface area is 154 Å². The Hall–Kier alpha value is -2.21. The molecule has 1 atom stereocenters. The molecule has 1 aliphatic heterocycles. The lowest BCUT2D eigenvalue weighted by Gasteiger charge is -2.27. The average Bonchev–Trinajstić information content (AvgIpc) is 2.54. The van der Waals surface area contributed by atoms with E-state index < -0.39 is 11.9 Å². The van der Waals surface area contributed by atoms with E-state index in [1.54, 1.807) is 27.0 Å². The maximum absolute atomic E-state index is 12.4. The quantitative estimate of drug-likeness (QED) is 0.572. The van der Waals surface area contributed by atoms with Crippen LogP contribution in [0.25, 0.3) is 0 Å². The Balaban J connectivity index is 2.64. The van der Waals surface area contributed by atoms with Crippen molar-refractivity contribution in [3.05, 3.63) is 50.1 Å². The Morgan fingerprint density at radius 1 is 1.50 bits per heavy atom. The summed E-state index contributed by atoms with van der Waals surface area (Å²) in [5.41, 5.74) is 7.01. The Morgan fingerprint density at radius 2 is 2.21 bits per heavy atom. The lowest BCUT2D eigenvalue weighted by atomic mass is 9.83. The number of nitrogens with two attached hydrogens (primary N) is 1. The van der Waals surface area contributed by atoms with Crippen molar-refractivity contribution in [3.63, 3.8) is 0 Å². The molecule has 24 heavy (non-hydrogen) atoms. The van der Waals surface area contributed by atoms with Crippen molar-refractivity contribution in [2.75, 3.05) is 13.7 Å². The summed E-state index contributed by atoms with van der Waals surface area (Å²) in [6.07, 6.45) is 0. The summed E-state index contributed by atoms with van der Waals surface area (Å²) in [5.74, 6) is -0.221. The molecule has 2 N–H and O–H groups in total. The van der Waals surface area contributed by atoms with Crippen LogP contribution in [-0.4, -0.2) is 19.7 Å². The summed E-state index contributed by atoms with van der Waals surface area (Å²) < 4.78 is 16.8. The molecule has 0 aliphatic carbocycles. The van der Waals surface area contributed by atoms with Crippen LogP contribution in [0.2, 0.25) is 0 Å². The number of halogens is 1. The number of benzene rings is 1. The highest BCUT2D eigenvalue weighted by Gasteiger charge is 2.36. The molecule has 126 valence electrons. The molecule has 0 bridgehead atoms. The molecule has 1 unspecified atom stereocenters. The molecule has 1 aromatic rings. The fourth-order valence-electron chi connectivity index (χ4n) is 2.54. The van der Waals surface area contributed by atoms with Crippen molar-refractivity contribution >= 4 is 28.6 Å². The third-order valence-corrected chi connectivity index (χ3v) is 4.50. The van der Waals surface area contributed by atoms with Crippen LogP contribution in [0.1, 0.15) is 25.3 Å². The van der Waals surface area contributed by atoms with Gasteiger partial charge in [-0.05, 0) is 54.1 Å². The predicted molar refractivity (Wildman–Crippen MR) is 95.7 cm³/mol. The Kier molecular flexibility index (Phi) is 5.72. The summed E-state index contributed by atoms with van der Waals surface area (Å²) in [5, 5.41) is 9.51. The van der Waals surface area contributed by atoms with Gasteiger partial charge in [0.15, 0.2) is 0 Å². The van der Waals surface area contributed by atoms with Crippen LogP contribution in [0, 0.1) is 14.9 Å². The van der Waals surface area contributed by atoms with Crippen LogP contribution in [0.4, 0.5) is 0 Å². The number of allylic oxidation sites excluding steroid dienone is 2. The number of ether oxygens (including phenoxy) is 3. The molecule has 1 heterocycles. The molecule has 6 nitrogen and oxygen atoms in total. The molecular formula is C17H17IN2O4. The van der Waals surface area contributed by atoms with Gasteiger partial charge in [0, 0.05) is 0 Å². The van der Waals surface area contributed by atoms with Crippen LogP contribution in [0.15, 0.2) is 41.0 Å². The van der Waals surface area contributed by atoms with Gasteiger partial charge in [0.1, 0.15) is 23.2 Å². The van der Waals surface area contributed by atoms with E-state index in [2.05, 4.69) is 22.6 Å². The van der Waals surface area contributed by atoms with Crippen molar-refractivity contribution < 1.29 is 19.0 Å². The number of nitrogens with zero attached hydrogens (tertiary/aromatic N) is 1. The molecule has 0 radical (unpaired) electrons. The summed E-state index contributed by atoms with van der Waals surface area (Å²) in [6, 6.07) is 7.52. The molecule has 0 saturated heterocycles. The molecule has 7 heteroatoms. The summed E-state index contributed by atoms with van der Waals surface area (Å²) >= 11 is 2.15. The monoisotopic (exact) mass is 440 g/mol. The van der Waals surface area contributed by atoms with Crippen molar-refractivity contribution in [2.45, 2.75) is 19.8 Å². The zero-order chi connectivity index (χ0) is 17.9. The van der Waals surface area contributed by atoms with Gasteiger partial charge in [0.05, 0.1) is 28.8 Å². The summed E-state index contributed by atoms with van der Waals surface area (Å²) in [4.78, 5) is 12.4. The number of hydrogen-bond donors (Lipinski definition) is 1. The number of esters is 1. The van der Waals surface area contributed by atoms with E-state index in [1.807, 2.05) is 18.2 Å². The minimum Gasteiger partial charge on any atom is -0.496 e. The molecule has 1 aliphatic rings. The van der Waals surface area contributed by atoms with E-state index in [4.69, 9.17) is 19.9 Å². The smallest absolute Gasteiger partial charge is 0.338 e.